The Labute approximate surface area is 234 Å². The summed E-state index contributed by atoms with van der Waals surface area (Å²) in [5.41, 5.74) is 2.04. The van der Waals surface area contributed by atoms with Crippen LogP contribution in [-0.4, -0.2) is 37.6 Å². The zero-order valence-electron chi connectivity index (χ0n) is 20.3. The first-order valence-electron chi connectivity index (χ1n) is 10.6. The van der Waals surface area contributed by atoms with Crippen LogP contribution in [-0.2, 0) is 0 Å². The first kappa shape index (κ1) is 32.5. The van der Waals surface area contributed by atoms with Crippen molar-refractivity contribution >= 4 is 45.5 Å². The smallest absolute Gasteiger partial charge is 0.270 e. The number of rotatable bonds is 6. The zero-order chi connectivity index (χ0) is 29.9. The molecule has 0 aliphatic rings. The third-order valence-electron chi connectivity index (χ3n) is 4.30. The van der Waals surface area contributed by atoms with Crippen molar-refractivity contribution in [1.29, 1.82) is 0 Å². The molecule has 0 aliphatic heterocycles. The Morgan fingerprint density at radius 1 is 0.825 bits per heavy atom. The number of aromatic nitrogens is 1. The van der Waals surface area contributed by atoms with E-state index >= 15 is 0 Å². The van der Waals surface area contributed by atoms with E-state index in [2.05, 4.69) is 37.3 Å². The Kier molecular flexibility index (Phi) is 14.5. The van der Waals surface area contributed by atoms with Crippen LogP contribution in [0.5, 0.6) is 0 Å². The maximum Gasteiger partial charge on any atom is 0.270 e. The van der Waals surface area contributed by atoms with Crippen LogP contribution >= 0.6 is 15.9 Å². The topological polar surface area (TPSA) is 205 Å². The lowest BCUT2D eigenvalue weighted by atomic mass is 10.1. The van der Waals surface area contributed by atoms with Gasteiger partial charge in [-0.15, -0.1) is 0 Å². The predicted octanol–water partition coefficient (Wildman–Crippen LogP) is 6.58. The maximum atomic E-state index is 10.5. The number of aldehydes is 1. The molecular formula is C25H20BrN5O9. The molecule has 1 N–H and O–H groups in total. The van der Waals surface area contributed by atoms with Crippen molar-refractivity contribution in [3.63, 3.8) is 0 Å². The molecule has 4 aromatic rings. The summed E-state index contributed by atoms with van der Waals surface area (Å²) in [7, 11) is 0. The molecule has 0 saturated carbocycles. The van der Waals surface area contributed by atoms with Crippen LogP contribution in [0.4, 0.5) is 17.1 Å². The molecule has 3 aromatic carbocycles. The Balaban J connectivity index is 0.000000288. The fourth-order valence-electron chi connectivity index (χ4n) is 2.64. The van der Waals surface area contributed by atoms with Gasteiger partial charge in [-0.2, -0.15) is 0 Å². The summed E-state index contributed by atoms with van der Waals surface area (Å²) < 4.78 is 4.65. The summed E-state index contributed by atoms with van der Waals surface area (Å²) >= 11 is 2.91. The first-order valence-corrected chi connectivity index (χ1v) is 11.6. The van der Waals surface area contributed by atoms with Crippen LogP contribution in [0.2, 0.25) is 0 Å². The van der Waals surface area contributed by atoms with Crippen LogP contribution in [0.1, 0.15) is 15.9 Å². The van der Waals surface area contributed by atoms with Gasteiger partial charge in [-0.05, 0) is 4.99 Å². The number of nitro groups is 3. The molecule has 1 heterocycles. The van der Waals surface area contributed by atoms with Crippen molar-refractivity contribution in [3.8, 4) is 11.3 Å². The highest BCUT2D eigenvalue weighted by molar-refractivity contribution is 9.11. The molecule has 14 nitrogen and oxygen atoms in total. The number of carbonyl (C=O) groups excluding carboxylic acids is 1. The van der Waals surface area contributed by atoms with Gasteiger partial charge in [-0.1, -0.05) is 69.2 Å². The van der Waals surface area contributed by atoms with Crippen LogP contribution in [0.15, 0.2) is 106 Å². The lowest BCUT2D eigenvalue weighted by Gasteiger charge is -1.94. The normalized spacial score (nSPS) is 9.43. The molecule has 0 saturated heterocycles. The van der Waals surface area contributed by atoms with E-state index in [1.807, 2.05) is 0 Å². The molecule has 206 valence electrons. The van der Waals surface area contributed by atoms with E-state index in [1.165, 1.54) is 60.9 Å². The molecule has 0 atom stereocenters. The fourth-order valence-corrected chi connectivity index (χ4v) is 2.64. The highest BCUT2D eigenvalue weighted by Crippen LogP contribution is 2.21. The molecule has 0 spiro atoms. The largest absolute Gasteiger partial charge is 0.411 e. The summed E-state index contributed by atoms with van der Waals surface area (Å²) in [5.74, 6) is 0. The number of non-ortho nitro benzene ring substituents is 3. The summed E-state index contributed by atoms with van der Waals surface area (Å²) in [6.07, 6.45) is 3.13. The fraction of sp³-hybridized carbons (Fsp3) is 0. The minimum atomic E-state index is -0.535. The van der Waals surface area contributed by atoms with E-state index in [1.54, 1.807) is 29.3 Å². The molecule has 0 unspecified atom stereocenters. The lowest BCUT2D eigenvalue weighted by Crippen LogP contribution is -1.89. The Morgan fingerprint density at radius 2 is 1.30 bits per heavy atom. The molecule has 0 radical (unpaired) electrons. The van der Waals surface area contributed by atoms with Gasteiger partial charge in [-0.3, -0.25) is 35.1 Å². The number of carbonyl (C=O) groups is 1. The van der Waals surface area contributed by atoms with Gasteiger partial charge in [0.25, 0.3) is 17.1 Å². The molecule has 0 bridgehead atoms. The molecule has 40 heavy (non-hydrogen) atoms. The quantitative estimate of drug-likeness (QED) is 0.0811. The Morgan fingerprint density at radius 3 is 1.75 bits per heavy atom. The van der Waals surface area contributed by atoms with Gasteiger partial charge in [-0.25, -0.2) is 0 Å². The van der Waals surface area contributed by atoms with Gasteiger partial charge in [0, 0.05) is 59.2 Å². The highest BCUT2D eigenvalue weighted by atomic mass is 79.9. The second kappa shape index (κ2) is 17.8. The van der Waals surface area contributed by atoms with Gasteiger partial charge in [0.15, 0.2) is 0 Å². The molecule has 0 fully saturated rings. The molecule has 1 aromatic heterocycles. The number of benzene rings is 3. The average molecular weight is 614 g/mol. The summed E-state index contributed by atoms with van der Waals surface area (Å²) in [4.78, 5) is 41.1. The second-order valence-corrected chi connectivity index (χ2v) is 7.56. The number of nitrogens with zero attached hydrogens (tertiary/aromatic N) is 5. The monoisotopic (exact) mass is 613 g/mol. The second-order valence-electron chi connectivity index (χ2n) is 6.91. The van der Waals surface area contributed by atoms with Crippen molar-refractivity contribution in [2.75, 3.05) is 0 Å². The van der Waals surface area contributed by atoms with Crippen molar-refractivity contribution in [1.82, 2.24) is 5.16 Å². The van der Waals surface area contributed by atoms with Crippen molar-refractivity contribution < 1.29 is 29.3 Å². The van der Waals surface area contributed by atoms with Gasteiger partial charge >= 0.3 is 0 Å². The van der Waals surface area contributed by atoms with Crippen LogP contribution < -0.4 is 0 Å². The SMILES string of the molecule is C=CBr.O=Cc1cccc([N+](=O)[O-])c1.O=[N+]([O-])c1cccc(-c2ccon2)c1.O=[N+]([O-])c1cccc(/C=N/O)c1. The molecular weight excluding hydrogens is 594 g/mol. The van der Waals surface area contributed by atoms with E-state index in [-0.39, 0.29) is 17.1 Å². The third kappa shape index (κ3) is 11.7. The van der Waals surface area contributed by atoms with E-state index in [0.717, 1.165) is 6.21 Å². The Bertz CT molecular complexity index is 1460. The maximum absolute atomic E-state index is 10.5. The average Bonchev–Trinajstić information content (AvgIpc) is 3.50. The summed E-state index contributed by atoms with van der Waals surface area (Å²) in [6, 6.07) is 19.3. The number of hydrogen-bond acceptors (Lipinski definition) is 11. The van der Waals surface area contributed by atoms with E-state index in [4.69, 9.17) is 5.21 Å². The number of hydrogen-bond donors (Lipinski definition) is 1. The molecule has 4 rings (SSSR count). The number of nitro benzene ring substituents is 3. The van der Waals surface area contributed by atoms with Crippen LogP contribution in [0.25, 0.3) is 11.3 Å². The minimum absolute atomic E-state index is 0.0209. The van der Waals surface area contributed by atoms with E-state index in [0.29, 0.717) is 28.7 Å². The van der Waals surface area contributed by atoms with Crippen molar-refractivity contribution in [3.05, 3.63) is 138 Å². The van der Waals surface area contributed by atoms with Crippen molar-refractivity contribution in [2.24, 2.45) is 5.16 Å². The van der Waals surface area contributed by atoms with Crippen LogP contribution in [0.3, 0.4) is 0 Å². The van der Waals surface area contributed by atoms with Gasteiger partial charge in [0.05, 0.1) is 21.0 Å². The zero-order valence-corrected chi connectivity index (χ0v) is 21.9. The summed E-state index contributed by atoms with van der Waals surface area (Å²) in [6.45, 7) is 3.28. The van der Waals surface area contributed by atoms with E-state index < -0.39 is 14.8 Å². The van der Waals surface area contributed by atoms with Gasteiger partial charge < -0.3 is 9.73 Å². The number of oxime groups is 1. The first-order chi connectivity index (χ1) is 19.2. The Hall–Kier alpha value is -5.57. The third-order valence-corrected chi connectivity index (χ3v) is 4.30. The molecule has 0 amide bonds. The molecule has 15 heteroatoms. The van der Waals surface area contributed by atoms with Gasteiger partial charge in [0.1, 0.15) is 18.2 Å². The standard InChI is InChI=1S/C9H6N2O3.C7H6N2O3.C7H5NO3.C2H3Br/c12-11(13)8-3-1-2-7(6-8)9-4-5-14-10-9;10-8-5-6-2-1-3-7(4-6)9(11)12;9-5-6-2-1-3-7(4-6)8(10)11;1-2-3/h1-6H;1-5,10H;1-5H;2H,1H2/b;8-5+;;. The van der Waals surface area contributed by atoms with Crippen molar-refractivity contribution in [2.45, 2.75) is 0 Å². The van der Waals surface area contributed by atoms with Crippen LogP contribution in [0, 0.1) is 30.3 Å². The van der Waals surface area contributed by atoms with Gasteiger partial charge in [0.2, 0.25) is 0 Å². The molecule has 0 aliphatic carbocycles. The summed E-state index contributed by atoms with van der Waals surface area (Å²) in [5, 5.41) is 45.5. The minimum Gasteiger partial charge on any atom is -0.411 e. The highest BCUT2D eigenvalue weighted by Gasteiger charge is 2.08. The predicted molar refractivity (Wildman–Crippen MR) is 149 cm³/mol. The number of halogens is 1. The lowest BCUT2D eigenvalue weighted by molar-refractivity contribution is -0.385. The van der Waals surface area contributed by atoms with E-state index in [9.17, 15) is 35.1 Å².